The Hall–Kier alpha value is -0.855. The molecule has 1 unspecified atom stereocenters. The molecule has 3 aliphatic rings. The van der Waals surface area contributed by atoms with Crippen LogP contribution < -0.4 is 11.1 Å². The van der Waals surface area contributed by atoms with Gasteiger partial charge in [-0.2, -0.15) is 0 Å². The molecule has 3 N–H and O–H groups in total. The number of dihydropyridines is 1. The highest BCUT2D eigenvalue weighted by Crippen LogP contribution is 2.27. The Morgan fingerprint density at radius 2 is 2.44 bits per heavy atom. The van der Waals surface area contributed by atoms with Crippen LogP contribution >= 0.6 is 0 Å². The number of allylic oxidation sites excluding steroid dienone is 1. The molecule has 0 saturated carbocycles. The summed E-state index contributed by atoms with van der Waals surface area (Å²) in [5.74, 6) is 0. The lowest BCUT2D eigenvalue weighted by Gasteiger charge is -2.38. The summed E-state index contributed by atoms with van der Waals surface area (Å²) in [6.45, 7) is 0. The summed E-state index contributed by atoms with van der Waals surface area (Å²) < 4.78 is 0. The fourth-order valence-electron chi connectivity index (χ4n) is 1.30. The van der Waals surface area contributed by atoms with Crippen LogP contribution in [0.5, 0.6) is 0 Å². The van der Waals surface area contributed by atoms with Crippen LogP contribution in [0.3, 0.4) is 0 Å². The monoisotopic (exact) mass is 120 g/mol. The van der Waals surface area contributed by atoms with Crippen molar-refractivity contribution in [2.75, 3.05) is 0 Å². The molecule has 0 spiro atoms. The van der Waals surface area contributed by atoms with Gasteiger partial charge < -0.3 is 11.1 Å². The highest BCUT2D eigenvalue weighted by Gasteiger charge is 2.28. The molecule has 3 rings (SSSR count). The molecule has 46 valence electrons. The number of fused-ring (bicyclic) bond motifs is 1. The highest BCUT2D eigenvalue weighted by molar-refractivity contribution is 6.23. The number of rotatable bonds is 0. The van der Waals surface area contributed by atoms with Crippen molar-refractivity contribution in [1.82, 2.24) is 5.32 Å². The minimum atomic E-state index is 0.604. The highest BCUT2D eigenvalue weighted by atomic mass is 15.0. The molecule has 1 aliphatic carbocycles. The van der Waals surface area contributed by atoms with Crippen LogP contribution in [0.4, 0.5) is 0 Å². The molecule has 2 bridgehead atoms. The van der Waals surface area contributed by atoms with Gasteiger partial charge in [0.25, 0.3) is 0 Å². The van der Waals surface area contributed by atoms with E-state index in [1.807, 2.05) is 0 Å². The van der Waals surface area contributed by atoms with Gasteiger partial charge >= 0.3 is 0 Å². The second-order valence-corrected chi connectivity index (χ2v) is 2.72. The number of hydrogen-bond donors (Lipinski definition) is 2. The van der Waals surface area contributed by atoms with Crippen LogP contribution in [0.25, 0.3) is 0 Å². The van der Waals surface area contributed by atoms with E-state index in [2.05, 4.69) is 19.2 Å². The summed E-state index contributed by atoms with van der Waals surface area (Å²) in [5.41, 5.74) is 9.16. The van der Waals surface area contributed by atoms with Crippen LogP contribution in [0.15, 0.2) is 22.9 Å². The standard InChI is InChI=1S/C6H9BN2/c7-3-1-4(8)6-2-5(3)9-6/h1,5,9H,2,7-8H2. The molecule has 9 heavy (non-hydrogen) atoms. The van der Waals surface area contributed by atoms with E-state index in [1.165, 1.54) is 11.2 Å². The average molecular weight is 120 g/mol. The largest absolute Gasteiger partial charge is 0.397 e. The fourth-order valence-corrected chi connectivity index (χ4v) is 1.30. The van der Waals surface area contributed by atoms with Gasteiger partial charge in [0.15, 0.2) is 0 Å². The molecule has 0 amide bonds. The number of nitrogens with two attached hydrogens (primary N) is 1. The zero-order valence-corrected chi connectivity index (χ0v) is 5.44. The third-order valence-electron chi connectivity index (χ3n) is 2.04. The summed E-state index contributed by atoms with van der Waals surface area (Å²) >= 11 is 0. The SMILES string of the molecule is BC1=CC(N)=C2CC1N2. The van der Waals surface area contributed by atoms with E-state index in [-0.39, 0.29) is 0 Å². The van der Waals surface area contributed by atoms with Crippen LogP contribution in [-0.2, 0) is 0 Å². The molecule has 0 aromatic heterocycles. The Morgan fingerprint density at radius 3 is 2.78 bits per heavy atom. The van der Waals surface area contributed by atoms with E-state index in [0.29, 0.717) is 6.04 Å². The minimum absolute atomic E-state index is 0.604. The van der Waals surface area contributed by atoms with Crippen LogP contribution in [0.2, 0.25) is 0 Å². The van der Waals surface area contributed by atoms with Crippen molar-refractivity contribution in [3.8, 4) is 0 Å². The molecule has 0 radical (unpaired) electrons. The molecule has 2 nitrogen and oxygen atoms in total. The van der Waals surface area contributed by atoms with Gasteiger partial charge in [0.2, 0.25) is 0 Å². The Balaban J connectivity index is 2.41. The van der Waals surface area contributed by atoms with Crippen molar-refractivity contribution < 1.29 is 0 Å². The molecule has 2 aliphatic heterocycles. The van der Waals surface area contributed by atoms with E-state index in [4.69, 9.17) is 5.73 Å². The van der Waals surface area contributed by atoms with Crippen LogP contribution in [0.1, 0.15) is 6.42 Å². The second kappa shape index (κ2) is 1.35. The third-order valence-corrected chi connectivity index (χ3v) is 2.04. The second-order valence-electron chi connectivity index (χ2n) is 2.72. The van der Waals surface area contributed by atoms with E-state index in [1.54, 1.807) is 0 Å². The van der Waals surface area contributed by atoms with Crippen molar-refractivity contribution in [1.29, 1.82) is 0 Å². The van der Waals surface area contributed by atoms with Crippen LogP contribution in [0, 0.1) is 0 Å². The van der Waals surface area contributed by atoms with Gasteiger partial charge in [0.1, 0.15) is 7.85 Å². The molecule has 0 aromatic carbocycles. The van der Waals surface area contributed by atoms with Crippen LogP contribution in [-0.4, -0.2) is 13.9 Å². The zero-order chi connectivity index (χ0) is 6.43. The van der Waals surface area contributed by atoms with E-state index in [9.17, 15) is 0 Å². The van der Waals surface area contributed by atoms with E-state index >= 15 is 0 Å². The van der Waals surface area contributed by atoms with Crippen molar-refractivity contribution >= 4 is 7.85 Å². The van der Waals surface area contributed by atoms with Crippen molar-refractivity contribution in [3.05, 3.63) is 22.9 Å². The van der Waals surface area contributed by atoms with Crippen molar-refractivity contribution in [2.45, 2.75) is 12.5 Å². The molecule has 0 aromatic rings. The smallest absolute Gasteiger partial charge is 0.136 e. The minimum Gasteiger partial charge on any atom is -0.397 e. The van der Waals surface area contributed by atoms with Crippen molar-refractivity contribution in [3.63, 3.8) is 0 Å². The molecule has 1 fully saturated rings. The Labute approximate surface area is 55.2 Å². The Kier molecular flexibility index (Phi) is 0.745. The van der Waals surface area contributed by atoms with Crippen molar-refractivity contribution in [2.24, 2.45) is 5.73 Å². The Bertz CT molecular complexity index is 209. The molecule has 2 heterocycles. The lowest BCUT2D eigenvalue weighted by atomic mass is 9.77. The van der Waals surface area contributed by atoms with E-state index in [0.717, 1.165) is 12.1 Å². The number of nitrogens with one attached hydrogen (secondary N) is 1. The van der Waals surface area contributed by atoms with Gasteiger partial charge in [-0.15, -0.1) is 0 Å². The molecule has 3 heteroatoms. The topological polar surface area (TPSA) is 38.0 Å². The first kappa shape index (κ1) is 4.97. The first-order valence-corrected chi connectivity index (χ1v) is 3.21. The third kappa shape index (κ3) is 0.516. The zero-order valence-electron chi connectivity index (χ0n) is 5.44. The first-order valence-electron chi connectivity index (χ1n) is 3.21. The molecular weight excluding hydrogens is 111 g/mol. The maximum Gasteiger partial charge on any atom is 0.136 e. The number of hydrogen-bond acceptors (Lipinski definition) is 2. The summed E-state index contributed by atoms with van der Waals surface area (Å²) in [7, 11) is 2.11. The summed E-state index contributed by atoms with van der Waals surface area (Å²) in [4.78, 5) is 0. The maximum atomic E-state index is 5.65. The maximum absolute atomic E-state index is 5.65. The lowest BCUT2D eigenvalue weighted by Crippen LogP contribution is -2.46. The predicted molar refractivity (Wildman–Crippen MR) is 39.4 cm³/mol. The lowest BCUT2D eigenvalue weighted by molar-refractivity contribution is 0.500. The fraction of sp³-hybridized carbons (Fsp3) is 0.333. The normalized spacial score (nSPS) is 30.7. The average Bonchev–Trinajstić information content (AvgIpc) is 1.57. The van der Waals surface area contributed by atoms with Gasteiger partial charge in [0, 0.05) is 23.9 Å². The summed E-state index contributed by atoms with van der Waals surface area (Å²) in [6, 6.07) is 0.604. The van der Waals surface area contributed by atoms with Gasteiger partial charge in [-0.1, -0.05) is 5.47 Å². The van der Waals surface area contributed by atoms with Gasteiger partial charge in [0.05, 0.1) is 0 Å². The molecular formula is C6H9BN2. The van der Waals surface area contributed by atoms with Gasteiger partial charge in [-0.3, -0.25) is 0 Å². The molecule has 1 atom stereocenters. The molecule has 1 saturated heterocycles. The quantitative estimate of drug-likeness (QED) is 0.404. The summed E-state index contributed by atoms with van der Waals surface area (Å²) in [5, 5.41) is 3.27. The van der Waals surface area contributed by atoms with Gasteiger partial charge in [-0.25, -0.2) is 0 Å². The van der Waals surface area contributed by atoms with E-state index < -0.39 is 0 Å². The van der Waals surface area contributed by atoms with Gasteiger partial charge in [-0.05, 0) is 6.08 Å². The summed E-state index contributed by atoms with van der Waals surface area (Å²) in [6.07, 6.45) is 3.19. The Morgan fingerprint density at radius 1 is 1.78 bits per heavy atom. The first-order chi connectivity index (χ1) is 4.27. The predicted octanol–water partition coefficient (Wildman–Crippen LogP) is -0.951.